The highest BCUT2D eigenvalue weighted by Gasteiger charge is 2.32. The van der Waals surface area contributed by atoms with Crippen molar-refractivity contribution in [1.82, 2.24) is 10.2 Å². The standard InChI is InChI=1S/C25H32ClN3O5S/c1-18(25(31)27-20-11-5-6-12-20)28(16-19-10-4-7-13-21(19)26)24(30)17-29(35(3,32)33)22-14-8-9-15-23(22)34-2/h4,7-10,13-15,18,20H,5-6,11-12,16-17H2,1-3H3,(H,27,31). The Morgan fingerprint density at radius 3 is 2.37 bits per heavy atom. The quantitative estimate of drug-likeness (QED) is 0.515. The zero-order valence-corrected chi connectivity index (χ0v) is 21.8. The average Bonchev–Trinajstić information content (AvgIpc) is 3.33. The van der Waals surface area contributed by atoms with Gasteiger partial charge in [0, 0.05) is 17.6 Å². The van der Waals surface area contributed by atoms with Crippen LogP contribution in [0.1, 0.15) is 38.2 Å². The summed E-state index contributed by atoms with van der Waals surface area (Å²) in [5.74, 6) is -0.494. The average molecular weight is 522 g/mol. The summed E-state index contributed by atoms with van der Waals surface area (Å²) in [6.07, 6.45) is 4.97. The van der Waals surface area contributed by atoms with E-state index in [0.29, 0.717) is 16.3 Å². The molecule has 190 valence electrons. The van der Waals surface area contributed by atoms with Crippen molar-refractivity contribution in [3.8, 4) is 5.75 Å². The Labute approximate surface area is 212 Å². The number of nitrogens with one attached hydrogen (secondary N) is 1. The first-order valence-electron chi connectivity index (χ1n) is 11.6. The number of anilines is 1. The van der Waals surface area contributed by atoms with E-state index >= 15 is 0 Å². The van der Waals surface area contributed by atoms with Crippen LogP contribution < -0.4 is 14.4 Å². The van der Waals surface area contributed by atoms with Crippen molar-refractivity contribution >= 4 is 39.1 Å². The van der Waals surface area contributed by atoms with E-state index in [2.05, 4.69) is 5.32 Å². The Bertz CT molecular complexity index is 1150. The number of benzene rings is 2. The Balaban J connectivity index is 1.91. The molecule has 1 unspecified atom stereocenters. The molecule has 0 aliphatic heterocycles. The lowest BCUT2D eigenvalue weighted by molar-refractivity contribution is -0.139. The molecule has 0 saturated heterocycles. The minimum Gasteiger partial charge on any atom is -0.495 e. The molecule has 1 atom stereocenters. The molecule has 2 aromatic carbocycles. The molecule has 0 heterocycles. The molecule has 1 saturated carbocycles. The van der Waals surface area contributed by atoms with Crippen molar-refractivity contribution in [2.75, 3.05) is 24.2 Å². The maximum atomic E-state index is 13.6. The van der Waals surface area contributed by atoms with Crippen LogP contribution in [0.3, 0.4) is 0 Å². The predicted molar refractivity (Wildman–Crippen MR) is 137 cm³/mol. The van der Waals surface area contributed by atoms with E-state index in [1.54, 1.807) is 55.5 Å². The van der Waals surface area contributed by atoms with E-state index < -0.39 is 28.5 Å². The molecule has 0 radical (unpaired) electrons. The topological polar surface area (TPSA) is 96.0 Å². The van der Waals surface area contributed by atoms with Gasteiger partial charge in [-0.2, -0.15) is 0 Å². The molecule has 1 fully saturated rings. The summed E-state index contributed by atoms with van der Waals surface area (Å²) in [5.41, 5.74) is 0.901. The largest absolute Gasteiger partial charge is 0.495 e. The number of rotatable bonds is 10. The van der Waals surface area contributed by atoms with Gasteiger partial charge in [-0.15, -0.1) is 0 Å². The van der Waals surface area contributed by atoms with Gasteiger partial charge >= 0.3 is 0 Å². The minimum atomic E-state index is -3.85. The molecule has 1 aliphatic rings. The summed E-state index contributed by atoms with van der Waals surface area (Å²) in [7, 11) is -2.41. The lowest BCUT2D eigenvalue weighted by atomic mass is 10.1. The van der Waals surface area contributed by atoms with E-state index in [0.717, 1.165) is 36.2 Å². The smallest absolute Gasteiger partial charge is 0.244 e. The number of methoxy groups -OCH3 is 1. The Hall–Kier alpha value is -2.78. The number of ether oxygens (including phenoxy) is 1. The van der Waals surface area contributed by atoms with Gasteiger partial charge in [0.2, 0.25) is 21.8 Å². The van der Waals surface area contributed by atoms with Crippen LogP contribution >= 0.6 is 11.6 Å². The molecule has 1 aliphatic carbocycles. The molecule has 0 bridgehead atoms. The predicted octanol–water partition coefficient (Wildman–Crippen LogP) is 3.59. The summed E-state index contributed by atoms with van der Waals surface area (Å²) >= 11 is 6.35. The molecule has 35 heavy (non-hydrogen) atoms. The van der Waals surface area contributed by atoms with Gasteiger partial charge in [-0.3, -0.25) is 13.9 Å². The van der Waals surface area contributed by atoms with E-state index in [1.165, 1.54) is 12.0 Å². The number of halogens is 1. The fourth-order valence-electron chi connectivity index (χ4n) is 4.22. The Morgan fingerprint density at radius 2 is 1.74 bits per heavy atom. The van der Waals surface area contributed by atoms with Gasteiger partial charge < -0.3 is 15.0 Å². The van der Waals surface area contributed by atoms with Gasteiger partial charge in [-0.1, -0.05) is 54.8 Å². The van der Waals surface area contributed by atoms with Gasteiger partial charge in [0.05, 0.1) is 19.1 Å². The molecule has 2 aromatic rings. The summed E-state index contributed by atoms with van der Waals surface area (Å²) in [6.45, 7) is 1.21. The van der Waals surface area contributed by atoms with Crippen LogP contribution in [0.4, 0.5) is 5.69 Å². The first kappa shape index (κ1) is 26.8. The summed E-state index contributed by atoms with van der Waals surface area (Å²) < 4.78 is 31.7. The number of hydrogen-bond donors (Lipinski definition) is 1. The lowest BCUT2D eigenvalue weighted by Crippen LogP contribution is -2.52. The first-order chi connectivity index (χ1) is 16.6. The number of para-hydroxylation sites is 2. The second kappa shape index (κ2) is 11.8. The van der Waals surface area contributed by atoms with Crippen LogP contribution in [0.2, 0.25) is 5.02 Å². The summed E-state index contributed by atoms with van der Waals surface area (Å²) in [6, 6.07) is 12.9. The van der Waals surface area contributed by atoms with Gasteiger partial charge in [0.15, 0.2) is 0 Å². The van der Waals surface area contributed by atoms with Gasteiger partial charge in [0.1, 0.15) is 18.3 Å². The molecule has 8 nitrogen and oxygen atoms in total. The van der Waals surface area contributed by atoms with Crippen LogP contribution in [-0.4, -0.2) is 57.1 Å². The van der Waals surface area contributed by atoms with Gasteiger partial charge in [-0.05, 0) is 43.5 Å². The van der Waals surface area contributed by atoms with Crippen molar-refractivity contribution in [2.45, 2.75) is 51.2 Å². The Kier molecular flexibility index (Phi) is 9.02. The molecule has 1 N–H and O–H groups in total. The zero-order chi connectivity index (χ0) is 25.6. The summed E-state index contributed by atoms with van der Waals surface area (Å²) in [4.78, 5) is 28.1. The molecule has 2 amide bonds. The van der Waals surface area contributed by atoms with Crippen molar-refractivity contribution in [2.24, 2.45) is 0 Å². The van der Waals surface area contributed by atoms with E-state index in [4.69, 9.17) is 16.3 Å². The zero-order valence-electron chi connectivity index (χ0n) is 20.2. The normalized spacial score (nSPS) is 14.9. The number of carbonyl (C=O) groups excluding carboxylic acids is 2. The SMILES string of the molecule is COc1ccccc1N(CC(=O)N(Cc1ccccc1Cl)C(C)C(=O)NC1CCCC1)S(C)(=O)=O. The third kappa shape index (κ3) is 6.89. The molecule has 0 aromatic heterocycles. The lowest BCUT2D eigenvalue weighted by Gasteiger charge is -2.32. The maximum absolute atomic E-state index is 13.6. The van der Waals surface area contributed by atoms with Crippen LogP contribution in [-0.2, 0) is 26.2 Å². The molecule has 10 heteroatoms. The monoisotopic (exact) mass is 521 g/mol. The van der Waals surface area contributed by atoms with Crippen LogP contribution in [0.5, 0.6) is 5.75 Å². The first-order valence-corrected chi connectivity index (χ1v) is 13.8. The van der Waals surface area contributed by atoms with Crippen molar-refractivity contribution < 1.29 is 22.7 Å². The maximum Gasteiger partial charge on any atom is 0.244 e. The second-order valence-corrected chi connectivity index (χ2v) is 11.0. The van der Waals surface area contributed by atoms with E-state index in [9.17, 15) is 18.0 Å². The second-order valence-electron chi connectivity index (χ2n) is 8.72. The van der Waals surface area contributed by atoms with Crippen LogP contribution in [0.25, 0.3) is 0 Å². The highest BCUT2D eigenvalue weighted by Crippen LogP contribution is 2.30. The van der Waals surface area contributed by atoms with E-state index in [1.807, 2.05) is 0 Å². The number of sulfonamides is 1. The molecular weight excluding hydrogens is 490 g/mol. The highest BCUT2D eigenvalue weighted by atomic mass is 35.5. The van der Waals surface area contributed by atoms with E-state index in [-0.39, 0.29) is 24.2 Å². The van der Waals surface area contributed by atoms with Gasteiger partial charge in [0.25, 0.3) is 0 Å². The van der Waals surface area contributed by atoms with Crippen LogP contribution in [0.15, 0.2) is 48.5 Å². The fourth-order valence-corrected chi connectivity index (χ4v) is 5.26. The third-order valence-electron chi connectivity index (χ3n) is 6.20. The highest BCUT2D eigenvalue weighted by molar-refractivity contribution is 7.92. The van der Waals surface area contributed by atoms with Crippen LogP contribution in [0, 0.1) is 0 Å². The molecular formula is C25H32ClN3O5S. The minimum absolute atomic E-state index is 0.0568. The Morgan fingerprint density at radius 1 is 1.11 bits per heavy atom. The fraction of sp³-hybridized carbons (Fsp3) is 0.440. The number of carbonyl (C=O) groups is 2. The number of nitrogens with zero attached hydrogens (tertiary/aromatic N) is 2. The van der Waals surface area contributed by atoms with Gasteiger partial charge in [-0.25, -0.2) is 8.42 Å². The molecule has 3 rings (SSSR count). The molecule has 0 spiro atoms. The number of hydrogen-bond acceptors (Lipinski definition) is 5. The third-order valence-corrected chi connectivity index (χ3v) is 7.70. The van der Waals surface area contributed by atoms with Crippen molar-refractivity contribution in [1.29, 1.82) is 0 Å². The van der Waals surface area contributed by atoms with Crippen molar-refractivity contribution in [3.05, 3.63) is 59.1 Å². The summed E-state index contributed by atoms with van der Waals surface area (Å²) in [5, 5.41) is 3.49. The number of amides is 2. The van der Waals surface area contributed by atoms with Crippen molar-refractivity contribution in [3.63, 3.8) is 0 Å².